The lowest BCUT2D eigenvalue weighted by Gasteiger charge is -2.12. The Hall–Kier alpha value is -3.01. The van der Waals surface area contributed by atoms with Gasteiger partial charge in [0.1, 0.15) is 23.7 Å². The molecule has 0 fully saturated rings. The van der Waals surface area contributed by atoms with E-state index in [0.29, 0.717) is 17.9 Å². The summed E-state index contributed by atoms with van der Waals surface area (Å²) in [5.41, 5.74) is 1.43. The van der Waals surface area contributed by atoms with E-state index in [-0.39, 0.29) is 0 Å². The Labute approximate surface area is 140 Å². The van der Waals surface area contributed by atoms with Gasteiger partial charge in [-0.3, -0.25) is 0 Å². The summed E-state index contributed by atoms with van der Waals surface area (Å²) in [6, 6.07) is 19.1. The highest BCUT2D eigenvalue weighted by molar-refractivity contribution is 5.99. The Morgan fingerprint density at radius 3 is 2.42 bits per heavy atom. The number of benzene rings is 3. The van der Waals surface area contributed by atoms with Crippen LogP contribution in [0.2, 0.25) is 0 Å². The van der Waals surface area contributed by atoms with Crippen molar-refractivity contribution in [2.75, 3.05) is 14.2 Å². The monoisotopic (exact) mass is 322 g/mol. The minimum atomic E-state index is -0.428. The van der Waals surface area contributed by atoms with E-state index in [9.17, 15) is 4.79 Å². The minimum absolute atomic E-state index is 0.381. The van der Waals surface area contributed by atoms with E-state index < -0.39 is 5.97 Å². The van der Waals surface area contributed by atoms with Gasteiger partial charge in [-0.15, -0.1) is 0 Å². The third-order valence-electron chi connectivity index (χ3n) is 3.79. The fourth-order valence-corrected chi connectivity index (χ4v) is 2.51. The summed E-state index contributed by atoms with van der Waals surface area (Å²) in [6.45, 7) is 0.381. The maximum atomic E-state index is 12.1. The number of esters is 1. The third kappa shape index (κ3) is 3.33. The number of methoxy groups -OCH3 is 2. The number of rotatable bonds is 5. The summed E-state index contributed by atoms with van der Waals surface area (Å²) < 4.78 is 16.0. The van der Waals surface area contributed by atoms with Gasteiger partial charge in [0.05, 0.1) is 14.2 Å². The van der Waals surface area contributed by atoms with Crippen molar-refractivity contribution in [3.63, 3.8) is 0 Å². The molecular weight excluding hydrogens is 304 g/mol. The Kier molecular flexibility index (Phi) is 4.66. The van der Waals surface area contributed by atoms with Crippen LogP contribution in [0.4, 0.5) is 0 Å². The molecule has 0 aliphatic heterocycles. The van der Waals surface area contributed by atoms with Gasteiger partial charge in [-0.05, 0) is 40.6 Å². The molecule has 122 valence electrons. The summed E-state index contributed by atoms with van der Waals surface area (Å²) in [5, 5.41) is 1.85. The lowest BCUT2D eigenvalue weighted by atomic mass is 10.1. The van der Waals surface area contributed by atoms with Crippen molar-refractivity contribution >= 4 is 16.7 Å². The molecule has 0 saturated heterocycles. The molecule has 4 nitrogen and oxygen atoms in total. The van der Waals surface area contributed by atoms with Gasteiger partial charge in [-0.2, -0.15) is 0 Å². The highest BCUT2D eigenvalue weighted by Crippen LogP contribution is 2.30. The lowest BCUT2D eigenvalue weighted by molar-refractivity contribution is 0.0596. The molecule has 0 saturated carbocycles. The number of carbonyl (C=O) groups excluding carboxylic acids is 1. The number of ether oxygens (including phenoxy) is 3. The van der Waals surface area contributed by atoms with Gasteiger partial charge in [0.15, 0.2) is 0 Å². The van der Waals surface area contributed by atoms with Gasteiger partial charge < -0.3 is 14.2 Å². The third-order valence-corrected chi connectivity index (χ3v) is 3.79. The molecule has 0 atom stereocenters. The van der Waals surface area contributed by atoms with Gasteiger partial charge in [0, 0.05) is 0 Å². The van der Waals surface area contributed by atoms with Crippen molar-refractivity contribution in [3.05, 3.63) is 71.8 Å². The second-order valence-corrected chi connectivity index (χ2v) is 5.33. The zero-order valence-electron chi connectivity index (χ0n) is 13.6. The molecule has 4 heteroatoms. The SMILES string of the molecule is COC(=O)c1cc2cc(OC)ccc2cc1OCc1ccccc1. The number of hydrogen-bond donors (Lipinski definition) is 0. The second kappa shape index (κ2) is 7.04. The van der Waals surface area contributed by atoms with E-state index in [0.717, 1.165) is 22.1 Å². The van der Waals surface area contributed by atoms with Crippen molar-refractivity contribution in [2.24, 2.45) is 0 Å². The van der Waals surface area contributed by atoms with Crippen LogP contribution in [0.25, 0.3) is 10.8 Å². The van der Waals surface area contributed by atoms with Crippen molar-refractivity contribution in [1.29, 1.82) is 0 Å². The van der Waals surface area contributed by atoms with Gasteiger partial charge in [0.25, 0.3) is 0 Å². The Bertz CT molecular complexity index is 856. The Balaban J connectivity index is 1.99. The van der Waals surface area contributed by atoms with Crippen LogP contribution >= 0.6 is 0 Å². The molecule has 0 aromatic heterocycles. The second-order valence-electron chi connectivity index (χ2n) is 5.33. The predicted molar refractivity (Wildman–Crippen MR) is 92.6 cm³/mol. The summed E-state index contributed by atoms with van der Waals surface area (Å²) in [5.74, 6) is 0.808. The Morgan fingerprint density at radius 2 is 1.71 bits per heavy atom. The summed E-state index contributed by atoms with van der Waals surface area (Å²) in [4.78, 5) is 12.1. The highest BCUT2D eigenvalue weighted by Gasteiger charge is 2.15. The van der Waals surface area contributed by atoms with Gasteiger partial charge >= 0.3 is 5.97 Å². The highest BCUT2D eigenvalue weighted by atomic mass is 16.5. The van der Waals surface area contributed by atoms with E-state index in [1.165, 1.54) is 7.11 Å². The maximum absolute atomic E-state index is 12.1. The van der Waals surface area contributed by atoms with Crippen molar-refractivity contribution in [3.8, 4) is 11.5 Å². The van der Waals surface area contributed by atoms with E-state index in [1.54, 1.807) is 13.2 Å². The normalized spacial score (nSPS) is 10.4. The smallest absolute Gasteiger partial charge is 0.341 e. The van der Waals surface area contributed by atoms with Crippen molar-refractivity contribution < 1.29 is 19.0 Å². The predicted octanol–water partition coefficient (Wildman–Crippen LogP) is 4.21. The van der Waals surface area contributed by atoms with E-state index >= 15 is 0 Å². The number of carbonyl (C=O) groups is 1. The van der Waals surface area contributed by atoms with Crippen LogP contribution in [0.3, 0.4) is 0 Å². The largest absolute Gasteiger partial charge is 0.497 e. The molecule has 0 unspecified atom stereocenters. The zero-order valence-corrected chi connectivity index (χ0v) is 13.6. The van der Waals surface area contributed by atoms with Crippen LogP contribution in [-0.4, -0.2) is 20.2 Å². The first kappa shape index (κ1) is 15.9. The van der Waals surface area contributed by atoms with Crippen LogP contribution in [0, 0.1) is 0 Å². The topological polar surface area (TPSA) is 44.8 Å². The molecule has 0 aliphatic carbocycles. The van der Waals surface area contributed by atoms with E-state index in [1.807, 2.05) is 54.6 Å². The summed E-state index contributed by atoms with van der Waals surface area (Å²) in [7, 11) is 2.97. The van der Waals surface area contributed by atoms with Gasteiger partial charge in [-0.25, -0.2) is 4.79 Å². The average Bonchev–Trinajstić information content (AvgIpc) is 2.65. The quantitative estimate of drug-likeness (QED) is 0.660. The molecule has 0 N–H and O–H groups in total. The molecule has 0 spiro atoms. The standard InChI is InChI=1S/C20H18O4/c1-22-17-9-8-15-12-19(24-13-14-6-4-3-5-7-14)18(20(21)23-2)11-16(15)10-17/h3-12H,13H2,1-2H3. The first-order chi connectivity index (χ1) is 11.7. The van der Waals surface area contributed by atoms with E-state index in [4.69, 9.17) is 14.2 Å². The van der Waals surface area contributed by atoms with Crippen LogP contribution in [0.1, 0.15) is 15.9 Å². The molecule has 0 radical (unpaired) electrons. The van der Waals surface area contributed by atoms with Gasteiger partial charge in [0.2, 0.25) is 0 Å². The summed E-state index contributed by atoms with van der Waals surface area (Å²) >= 11 is 0. The minimum Gasteiger partial charge on any atom is -0.497 e. The van der Waals surface area contributed by atoms with Crippen LogP contribution in [-0.2, 0) is 11.3 Å². The lowest BCUT2D eigenvalue weighted by Crippen LogP contribution is -2.06. The van der Waals surface area contributed by atoms with Crippen LogP contribution in [0.15, 0.2) is 60.7 Å². The first-order valence-corrected chi connectivity index (χ1v) is 7.58. The van der Waals surface area contributed by atoms with Crippen LogP contribution in [0.5, 0.6) is 11.5 Å². The fraction of sp³-hybridized carbons (Fsp3) is 0.150. The Morgan fingerprint density at radius 1 is 0.917 bits per heavy atom. The van der Waals surface area contributed by atoms with Crippen molar-refractivity contribution in [1.82, 2.24) is 0 Å². The molecule has 0 heterocycles. The van der Waals surface area contributed by atoms with Gasteiger partial charge in [-0.1, -0.05) is 36.4 Å². The fourth-order valence-electron chi connectivity index (χ4n) is 2.51. The number of hydrogen-bond acceptors (Lipinski definition) is 4. The molecule has 3 aromatic rings. The number of fused-ring (bicyclic) bond motifs is 1. The average molecular weight is 322 g/mol. The molecule has 0 bridgehead atoms. The molecular formula is C20H18O4. The van der Waals surface area contributed by atoms with Crippen LogP contribution < -0.4 is 9.47 Å². The molecule has 0 amide bonds. The molecule has 3 aromatic carbocycles. The molecule has 0 aliphatic rings. The zero-order chi connectivity index (χ0) is 16.9. The van der Waals surface area contributed by atoms with E-state index in [2.05, 4.69) is 0 Å². The summed E-state index contributed by atoms with van der Waals surface area (Å²) in [6.07, 6.45) is 0. The molecule has 3 rings (SSSR count). The first-order valence-electron chi connectivity index (χ1n) is 7.58. The molecule has 24 heavy (non-hydrogen) atoms. The van der Waals surface area contributed by atoms with Crippen molar-refractivity contribution in [2.45, 2.75) is 6.61 Å². The maximum Gasteiger partial charge on any atom is 0.341 e.